The van der Waals surface area contributed by atoms with Gasteiger partial charge in [-0.2, -0.15) is 0 Å². The summed E-state index contributed by atoms with van der Waals surface area (Å²) in [7, 11) is 0. The van der Waals surface area contributed by atoms with Gasteiger partial charge in [-0.3, -0.25) is 0 Å². The normalized spacial score (nSPS) is 19.5. The summed E-state index contributed by atoms with van der Waals surface area (Å²) in [6, 6.07) is 10.3. The third kappa shape index (κ3) is 3.44. The second-order valence-electron chi connectivity index (χ2n) is 6.82. The molecule has 1 saturated carbocycles. The largest absolute Gasteiger partial charge is 0.317 e. The molecule has 2 heterocycles. The van der Waals surface area contributed by atoms with Gasteiger partial charge in [0.2, 0.25) is 0 Å². The number of hydrogen-bond acceptors (Lipinski definition) is 3. The minimum atomic E-state index is -0.0924. The van der Waals surface area contributed by atoms with Crippen molar-refractivity contribution in [2.75, 3.05) is 13.1 Å². The van der Waals surface area contributed by atoms with E-state index in [1.165, 1.54) is 18.4 Å². The Bertz CT molecular complexity index is 695. The van der Waals surface area contributed by atoms with Gasteiger partial charge in [-0.25, -0.2) is 9.97 Å². The summed E-state index contributed by atoms with van der Waals surface area (Å²) in [5, 5.41) is 4.31. The van der Waals surface area contributed by atoms with E-state index >= 15 is 0 Å². The van der Waals surface area contributed by atoms with Gasteiger partial charge in [-0.1, -0.05) is 29.8 Å². The van der Waals surface area contributed by atoms with Crippen LogP contribution in [0.1, 0.15) is 42.8 Å². The summed E-state index contributed by atoms with van der Waals surface area (Å²) in [5.41, 5.74) is 2.25. The van der Waals surface area contributed by atoms with Crippen LogP contribution in [0.4, 0.5) is 0 Å². The van der Waals surface area contributed by atoms with Gasteiger partial charge < -0.3 is 5.32 Å². The maximum Gasteiger partial charge on any atom is 0.128 e. The van der Waals surface area contributed by atoms with Crippen molar-refractivity contribution in [2.24, 2.45) is 5.92 Å². The maximum absolute atomic E-state index is 6.57. The number of nitrogens with one attached hydrogen (secondary N) is 1. The maximum atomic E-state index is 6.57. The van der Waals surface area contributed by atoms with Crippen LogP contribution in [0.15, 0.2) is 36.5 Å². The van der Waals surface area contributed by atoms with Crippen LogP contribution < -0.4 is 5.32 Å². The summed E-state index contributed by atoms with van der Waals surface area (Å²) < 4.78 is 0. The zero-order chi connectivity index (χ0) is 15.7. The van der Waals surface area contributed by atoms with Crippen molar-refractivity contribution in [2.45, 2.75) is 37.5 Å². The number of nitrogens with zero attached hydrogens (tertiary/aromatic N) is 2. The molecule has 1 saturated heterocycles. The van der Waals surface area contributed by atoms with Crippen LogP contribution in [0, 0.1) is 5.92 Å². The monoisotopic (exact) mass is 363 g/mol. The summed E-state index contributed by atoms with van der Waals surface area (Å²) in [5.74, 6) is 1.80. The third-order valence-electron chi connectivity index (χ3n) is 5.21. The standard InChI is InChI=1S/C19H22ClN3.ClH/c20-16-4-2-1-3-15(16)19(8-11-21-12-9-19)17-7-10-22-18(23-17)13-14-5-6-14;/h1-4,7,10,14,21H,5-6,8-9,11-13H2;1H. The molecule has 0 radical (unpaired) electrons. The van der Waals surface area contributed by atoms with Crippen LogP contribution in [0.25, 0.3) is 0 Å². The highest BCUT2D eigenvalue weighted by Crippen LogP contribution is 2.42. The quantitative estimate of drug-likeness (QED) is 0.885. The first kappa shape index (κ1) is 17.7. The van der Waals surface area contributed by atoms with Gasteiger partial charge in [0.15, 0.2) is 0 Å². The molecule has 0 atom stereocenters. The van der Waals surface area contributed by atoms with Crippen molar-refractivity contribution in [3.8, 4) is 0 Å². The molecule has 4 rings (SSSR count). The molecule has 1 aliphatic heterocycles. The van der Waals surface area contributed by atoms with Crippen LogP contribution in [-0.4, -0.2) is 23.1 Å². The molecule has 2 aliphatic rings. The van der Waals surface area contributed by atoms with Crippen LogP contribution in [-0.2, 0) is 11.8 Å². The fraction of sp³-hybridized carbons (Fsp3) is 0.474. The lowest BCUT2D eigenvalue weighted by atomic mass is 9.70. The topological polar surface area (TPSA) is 37.8 Å². The van der Waals surface area contributed by atoms with E-state index in [1.807, 2.05) is 18.3 Å². The molecule has 0 unspecified atom stereocenters. The van der Waals surface area contributed by atoms with Crippen LogP contribution >= 0.6 is 24.0 Å². The number of rotatable bonds is 4. The molecular weight excluding hydrogens is 341 g/mol. The molecule has 0 spiro atoms. The lowest BCUT2D eigenvalue weighted by Crippen LogP contribution is -2.41. The second-order valence-corrected chi connectivity index (χ2v) is 7.22. The second kappa shape index (κ2) is 7.38. The zero-order valence-corrected chi connectivity index (χ0v) is 15.2. The molecule has 1 N–H and O–H groups in total. The van der Waals surface area contributed by atoms with Crippen molar-refractivity contribution in [1.82, 2.24) is 15.3 Å². The Hall–Kier alpha value is -1.16. The van der Waals surface area contributed by atoms with E-state index in [-0.39, 0.29) is 17.8 Å². The number of hydrogen-bond donors (Lipinski definition) is 1. The predicted octanol–water partition coefficient (Wildman–Crippen LogP) is 4.17. The van der Waals surface area contributed by atoms with E-state index in [9.17, 15) is 0 Å². The molecule has 1 aliphatic carbocycles. The fourth-order valence-electron chi connectivity index (χ4n) is 3.71. The van der Waals surface area contributed by atoms with Crippen molar-refractivity contribution >= 4 is 24.0 Å². The van der Waals surface area contributed by atoms with Crippen molar-refractivity contribution < 1.29 is 0 Å². The minimum Gasteiger partial charge on any atom is -0.317 e. The summed E-state index contributed by atoms with van der Waals surface area (Å²) >= 11 is 6.57. The summed E-state index contributed by atoms with van der Waals surface area (Å²) in [4.78, 5) is 9.47. The molecule has 1 aromatic heterocycles. The van der Waals surface area contributed by atoms with Gasteiger partial charge in [0, 0.05) is 23.1 Å². The van der Waals surface area contributed by atoms with Gasteiger partial charge in [-0.15, -0.1) is 12.4 Å². The summed E-state index contributed by atoms with van der Waals surface area (Å²) in [6.45, 7) is 1.99. The third-order valence-corrected chi connectivity index (χ3v) is 5.54. The zero-order valence-electron chi connectivity index (χ0n) is 13.7. The Labute approximate surface area is 154 Å². The van der Waals surface area contributed by atoms with Crippen molar-refractivity contribution in [1.29, 1.82) is 0 Å². The molecular formula is C19H23Cl2N3. The first-order chi connectivity index (χ1) is 11.3. The number of aromatic nitrogens is 2. The van der Waals surface area contributed by atoms with Crippen LogP contribution in [0.5, 0.6) is 0 Å². The highest BCUT2D eigenvalue weighted by atomic mass is 35.5. The van der Waals surface area contributed by atoms with E-state index in [2.05, 4.69) is 28.5 Å². The van der Waals surface area contributed by atoms with Crippen molar-refractivity contribution in [3.63, 3.8) is 0 Å². The van der Waals surface area contributed by atoms with E-state index < -0.39 is 0 Å². The molecule has 3 nitrogen and oxygen atoms in total. The lowest BCUT2D eigenvalue weighted by molar-refractivity contribution is 0.353. The van der Waals surface area contributed by atoms with Gasteiger partial charge in [0.1, 0.15) is 5.82 Å². The molecule has 2 fully saturated rings. The predicted molar refractivity (Wildman–Crippen MR) is 100 cm³/mol. The Balaban J connectivity index is 0.00000169. The van der Waals surface area contributed by atoms with Crippen LogP contribution in [0.3, 0.4) is 0 Å². The Kier molecular flexibility index (Phi) is 5.43. The lowest BCUT2D eigenvalue weighted by Gasteiger charge is -2.38. The smallest absolute Gasteiger partial charge is 0.128 e. The molecule has 2 aromatic rings. The first-order valence-electron chi connectivity index (χ1n) is 8.56. The van der Waals surface area contributed by atoms with Gasteiger partial charge in [0.05, 0.1) is 5.69 Å². The number of piperidine rings is 1. The van der Waals surface area contributed by atoms with E-state index in [0.29, 0.717) is 0 Å². The highest BCUT2D eigenvalue weighted by molar-refractivity contribution is 6.31. The molecule has 1 aromatic carbocycles. The van der Waals surface area contributed by atoms with Crippen molar-refractivity contribution in [3.05, 3.63) is 58.6 Å². The Morgan fingerprint density at radius 3 is 2.58 bits per heavy atom. The minimum absolute atomic E-state index is 0. The molecule has 128 valence electrons. The number of halogens is 2. The van der Waals surface area contributed by atoms with Crippen LogP contribution in [0.2, 0.25) is 5.02 Å². The van der Waals surface area contributed by atoms with Gasteiger partial charge in [0.25, 0.3) is 0 Å². The highest BCUT2D eigenvalue weighted by Gasteiger charge is 2.38. The van der Waals surface area contributed by atoms with Gasteiger partial charge >= 0.3 is 0 Å². The van der Waals surface area contributed by atoms with Gasteiger partial charge in [-0.05, 0) is 62.4 Å². The molecule has 0 amide bonds. The average Bonchev–Trinajstić information content (AvgIpc) is 3.40. The molecule has 0 bridgehead atoms. The Morgan fingerprint density at radius 1 is 1.12 bits per heavy atom. The molecule has 24 heavy (non-hydrogen) atoms. The number of benzene rings is 1. The molecule has 5 heteroatoms. The average molecular weight is 364 g/mol. The fourth-order valence-corrected chi connectivity index (χ4v) is 4.03. The van der Waals surface area contributed by atoms with E-state index in [4.69, 9.17) is 16.6 Å². The van der Waals surface area contributed by atoms with E-state index in [0.717, 1.165) is 54.8 Å². The Morgan fingerprint density at radius 2 is 1.88 bits per heavy atom. The SMILES string of the molecule is Cl.Clc1ccccc1C1(c2ccnc(CC3CC3)n2)CCNCC1. The first-order valence-corrected chi connectivity index (χ1v) is 8.94. The van der Waals surface area contributed by atoms with E-state index in [1.54, 1.807) is 0 Å². The summed E-state index contributed by atoms with van der Waals surface area (Å²) in [6.07, 6.45) is 7.65.